The number of nitrogens with zero attached hydrogens (tertiary/aromatic N) is 1. The molecule has 1 aliphatic heterocycles. The Morgan fingerprint density at radius 2 is 2.19 bits per heavy atom. The topological polar surface area (TPSA) is 38.8 Å². The Morgan fingerprint density at radius 1 is 1.38 bits per heavy atom. The second-order valence-electron chi connectivity index (χ2n) is 4.12. The van der Waals surface area contributed by atoms with Gasteiger partial charge in [-0.05, 0) is 18.1 Å². The molecule has 0 saturated carbocycles. The van der Waals surface area contributed by atoms with Gasteiger partial charge < -0.3 is 14.4 Å². The van der Waals surface area contributed by atoms with Gasteiger partial charge in [-0.1, -0.05) is 0 Å². The number of rotatable bonds is 4. The van der Waals surface area contributed by atoms with Crippen molar-refractivity contribution >= 4 is 5.91 Å². The van der Waals surface area contributed by atoms with Crippen molar-refractivity contribution in [1.82, 2.24) is 4.90 Å². The summed E-state index contributed by atoms with van der Waals surface area (Å²) in [5.74, 6) is 1.14. The van der Waals surface area contributed by atoms with Crippen LogP contribution in [0.15, 0.2) is 23.0 Å². The van der Waals surface area contributed by atoms with Crippen LogP contribution in [0.2, 0.25) is 0 Å². The molecular formula is C12H17NO3. The molecule has 0 saturated heterocycles. The van der Waals surface area contributed by atoms with E-state index in [-0.39, 0.29) is 5.91 Å². The number of allylic oxidation sites excluding steroid dienone is 1. The molecule has 88 valence electrons. The Morgan fingerprint density at radius 3 is 2.94 bits per heavy atom. The normalized spacial score (nSPS) is 20.0. The van der Waals surface area contributed by atoms with Crippen molar-refractivity contribution in [3.63, 3.8) is 0 Å². The van der Waals surface area contributed by atoms with Gasteiger partial charge in [0.25, 0.3) is 0 Å². The molecule has 4 nitrogen and oxygen atoms in total. The number of likely N-dealkylation sites (N-methyl/N-ethyl adjacent to an activating group) is 1. The lowest BCUT2D eigenvalue weighted by Gasteiger charge is -2.14. The molecule has 0 aromatic heterocycles. The van der Waals surface area contributed by atoms with Crippen molar-refractivity contribution in [3.05, 3.63) is 23.0 Å². The standard InChI is InChI=1S/C12H17NO3/c1-13-8-9-7-10(16-6-5-15-2)3-4-11(9)12(13)14/h7H,3-6,8H2,1-2H3. The van der Waals surface area contributed by atoms with Crippen LogP contribution in [-0.2, 0) is 14.3 Å². The van der Waals surface area contributed by atoms with Gasteiger partial charge >= 0.3 is 0 Å². The molecule has 0 aromatic carbocycles. The number of hydrogen-bond donors (Lipinski definition) is 0. The molecular weight excluding hydrogens is 206 g/mol. The molecule has 0 unspecified atom stereocenters. The highest BCUT2D eigenvalue weighted by Gasteiger charge is 2.29. The Bertz CT molecular complexity index is 357. The summed E-state index contributed by atoms with van der Waals surface area (Å²) in [7, 11) is 3.49. The third-order valence-corrected chi connectivity index (χ3v) is 2.93. The van der Waals surface area contributed by atoms with E-state index in [1.165, 1.54) is 0 Å². The van der Waals surface area contributed by atoms with Gasteiger partial charge in [0.1, 0.15) is 6.61 Å². The fourth-order valence-corrected chi connectivity index (χ4v) is 2.08. The number of ether oxygens (including phenoxy) is 2. The van der Waals surface area contributed by atoms with E-state index >= 15 is 0 Å². The second kappa shape index (κ2) is 4.70. The number of carbonyl (C=O) groups is 1. The molecule has 0 aromatic rings. The van der Waals surface area contributed by atoms with Crippen LogP contribution in [-0.4, -0.2) is 44.7 Å². The minimum atomic E-state index is 0.169. The Hall–Kier alpha value is -1.29. The maximum absolute atomic E-state index is 11.7. The highest BCUT2D eigenvalue weighted by atomic mass is 16.5. The lowest BCUT2D eigenvalue weighted by molar-refractivity contribution is -0.124. The zero-order valence-corrected chi connectivity index (χ0v) is 9.78. The molecule has 0 atom stereocenters. The highest BCUT2D eigenvalue weighted by molar-refractivity contribution is 5.97. The molecule has 0 spiro atoms. The molecule has 1 heterocycles. The Balaban J connectivity index is 2.00. The number of amides is 1. The molecule has 1 aliphatic carbocycles. The predicted molar refractivity (Wildman–Crippen MR) is 59.8 cm³/mol. The van der Waals surface area contributed by atoms with Crippen LogP contribution in [0.4, 0.5) is 0 Å². The molecule has 0 bridgehead atoms. The van der Waals surface area contributed by atoms with E-state index in [1.54, 1.807) is 12.0 Å². The lowest BCUT2D eigenvalue weighted by atomic mass is 9.99. The van der Waals surface area contributed by atoms with E-state index in [0.717, 1.165) is 29.7 Å². The summed E-state index contributed by atoms with van der Waals surface area (Å²) in [6, 6.07) is 0. The Labute approximate surface area is 95.5 Å². The fraction of sp³-hybridized carbons (Fsp3) is 0.583. The van der Waals surface area contributed by atoms with Gasteiger partial charge in [0, 0.05) is 32.7 Å². The van der Waals surface area contributed by atoms with Crippen LogP contribution in [0.25, 0.3) is 0 Å². The van der Waals surface area contributed by atoms with Gasteiger partial charge in [0.05, 0.1) is 12.4 Å². The van der Waals surface area contributed by atoms with Crippen LogP contribution in [0.5, 0.6) is 0 Å². The quantitative estimate of drug-likeness (QED) is 0.670. The van der Waals surface area contributed by atoms with Gasteiger partial charge in [0.2, 0.25) is 5.91 Å². The third-order valence-electron chi connectivity index (χ3n) is 2.93. The highest BCUT2D eigenvalue weighted by Crippen LogP contribution is 2.30. The molecule has 0 N–H and O–H groups in total. The molecule has 0 fully saturated rings. The molecule has 16 heavy (non-hydrogen) atoms. The molecule has 2 rings (SSSR count). The van der Waals surface area contributed by atoms with Crippen molar-refractivity contribution < 1.29 is 14.3 Å². The minimum Gasteiger partial charge on any atom is -0.496 e. The van der Waals surface area contributed by atoms with Crippen molar-refractivity contribution in [2.75, 3.05) is 33.9 Å². The van der Waals surface area contributed by atoms with Crippen molar-refractivity contribution in [3.8, 4) is 0 Å². The summed E-state index contributed by atoms with van der Waals surface area (Å²) in [4.78, 5) is 13.4. The van der Waals surface area contributed by atoms with Gasteiger partial charge in [-0.15, -0.1) is 0 Å². The first-order valence-electron chi connectivity index (χ1n) is 5.52. The van der Waals surface area contributed by atoms with Crippen LogP contribution < -0.4 is 0 Å². The van der Waals surface area contributed by atoms with Gasteiger partial charge in [-0.3, -0.25) is 4.79 Å². The molecule has 1 amide bonds. The minimum absolute atomic E-state index is 0.169. The molecule has 0 radical (unpaired) electrons. The number of hydrogen-bond acceptors (Lipinski definition) is 3. The van der Waals surface area contributed by atoms with E-state index in [9.17, 15) is 4.79 Å². The smallest absolute Gasteiger partial charge is 0.250 e. The average Bonchev–Trinajstić information content (AvgIpc) is 2.55. The van der Waals surface area contributed by atoms with Crippen LogP contribution in [0.1, 0.15) is 12.8 Å². The van der Waals surface area contributed by atoms with Crippen molar-refractivity contribution in [2.45, 2.75) is 12.8 Å². The van der Waals surface area contributed by atoms with Crippen LogP contribution >= 0.6 is 0 Å². The number of carbonyl (C=O) groups excluding carboxylic acids is 1. The first kappa shape index (κ1) is 11.2. The second-order valence-corrected chi connectivity index (χ2v) is 4.12. The van der Waals surface area contributed by atoms with E-state index in [0.29, 0.717) is 19.8 Å². The summed E-state index contributed by atoms with van der Waals surface area (Å²) < 4.78 is 10.5. The van der Waals surface area contributed by atoms with Crippen LogP contribution in [0.3, 0.4) is 0 Å². The largest absolute Gasteiger partial charge is 0.496 e. The number of methoxy groups -OCH3 is 1. The Kier molecular flexibility index (Phi) is 3.29. The van der Waals surface area contributed by atoms with E-state index in [4.69, 9.17) is 9.47 Å². The van der Waals surface area contributed by atoms with E-state index in [1.807, 2.05) is 13.1 Å². The molecule has 4 heteroatoms. The zero-order valence-electron chi connectivity index (χ0n) is 9.78. The summed E-state index contributed by atoms with van der Waals surface area (Å²) >= 11 is 0. The summed E-state index contributed by atoms with van der Waals surface area (Å²) in [5.41, 5.74) is 2.08. The van der Waals surface area contributed by atoms with Gasteiger partial charge in [-0.25, -0.2) is 0 Å². The maximum atomic E-state index is 11.7. The summed E-state index contributed by atoms with van der Waals surface area (Å²) in [6.07, 6.45) is 3.63. The SMILES string of the molecule is COCCOC1=CC2=C(CC1)C(=O)N(C)C2. The maximum Gasteiger partial charge on any atom is 0.250 e. The predicted octanol–water partition coefficient (Wildman–Crippen LogP) is 1.10. The first-order valence-corrected chi connectivity index (χ1v) is 5.52. The van der Waals surface area contributed by atoms with Gasteiger partial charge in [-0.2, -0.15) is 0 Å². The summed E-state index contributed by atoms with van der Waals surface area (Å²) in [6.45, 7) is 1.89. The van der Waals surface area contributed by atoms with E-state index < -0.39 is 0 Å². The zero-order chi connectivity index (χ0) is 11.5. The average molecular weight is 223 g/mol. The van der Waals surface area contributed by atoms with Crippen LogP contribution in [0, 0.1) is 0 Å². The summed E-state index contributed by atoms with van der Waals surface area (Å²) in [5, 5.41) is 0. The van der Waals surface area contributed by atoms with Gasteiger partial charge in [0.15, 0.2) is 0 Å². The molecule has 2 aliphatic rings. The van der Waals surface area contributed by atoms with Crippen molar-refractivity contribution in [1.29, 1.82) is 0 Å². The van der Waals surface area contributed by atoms with Crippen molar-refractivity contribution in [2.24, 2.45) is 0 Å². The first-order chi connectivity index (χ1) is 7.72. The van der Waals surface area contributed by atoms with E-state index in [2.05, 4.69) is 0 Å². The lowest BCUT2D eigenvalue weighted by Crippen LogP contribution is -2.21. The fourth-order valence-electron chi connectivity index (χ4n) is 2.08. The monoisotopic (exact) mass is 223 g/mol. The third kappa shape index (κ3) is 2.11.